The lowest BCUT2D eigenvalue weighted by molar-refractivity contribution is -0.131. The van der Waals surface area contributed by atoms with E-state index in [4.69, 9.17) is 4.74 Å². The lowest BCUT2D eigenvalue weighted by Crippen LogP contribution is -2.48. The van der Waals surface area contributed by atoms with Gasteiger partial charge in [-0.05, 0) is 64.8 Å². The molecule has 0 aliphatic carbocycles. The minimum atomic E-state index is -0.223. The highest BCUT2D eigenvalue weighted by Gasteiger charge is 2.20. The Kier molecular flexibility index (Phi) is 8.75. The summed E-state index contributed by atoms with van der Waals surface area (Å²) in [6, 6.07) is 11.6. The third-order valence-corrected chi connectivity index (χ3v) is 6.30. The SMILES string of the molecule is CCCC(=O)N1CCN(c2ccc(NC(=O)/C=C/c3cc(Br)cc(Br)c3OC)cc2)CC1. The van der Waals surface area contributed by atoms with Crippen LogP contribution in [0.4, 0.5) is 11.4 Å². The molecule has 6 nitrogen and oxygen atoms in total. The van der Waals surface area contributed by atoms with E-state index in [9.17, 15) is 9.59 Å². The molecule has 0 unspecified atom stereocenters. The summed E-state index contributed by atoms with van der Waals surface area (Å²) >= 11 is 6.91. The minimum Gasteiger partial charge on any atom is -0.495 e. The third-order valence-electron chi connectivity index (χ3n) is 5.25. The van der Waals surface area contributed by atoms with Crippen LogP contribution in [-0.4, -0.2) is 50.0 Å². The molecule has 3 rings (SSSR count). The highest BCUT2D eigenvalue weighted by Crippen LogP contribution is 2.33. The predicted octanol–water partition coefficient (Wildman–Crippen LogP) is 5.32. The van der Waals surface area contributed by atoms with Gasteiger partial charge in [0.25, 0.3) is 0 Å². The Balaban J connectivity index is 1.57. The number of methoxy groups -OCH3 is 1. The first-order chi connectivity index (χ1) is 15.4. The number of nitrogens with zero attached hydrogens (tertiary/aromatic N) is 2. The van der Waals surface area contributed by atoms with Crippen LogP contribution in [0, 0.1) is 0 Å². The Morgan fingerprint density at radius 2 is 1.78 bits per heavy atom. The van der Waals surface area contributed by atoms with E-state index in [0.29, 0.717) is 12.2 Å². The van der Waals surface area contributed by atoms with Gasteiger partial charge in [-0.25, -0.2) is 0 Å². The summed E-state index contributed by atoms with van der Waals surface area (Å²) in [5.74, 6) is 0.683. The van der Waals surface area contributed by atoms with Gasteiger partial charge in [0.15, 0.2) is 0 Å². The lowest BCUT2D eigenvalue weighted by atomic mass is 10.2. The van der Waals surface area contributed by atoms with Crippen LogP contribution < -0.4 is 15.0 Å². The Labute approximate surface area is 205 Å². The average molecular weight is 565 g/mol. The molecule has 0 bridgehead atoms. The molecule has 1 aliphatic rings. The highest BCUT2D eigenvalue weighted by atomic mass is 79.9. The van der Waals surface area contributed by atoms with Gasteiger partial charge in [-0.2, -0.15) is 0 Å². The van der Waals surface area contributed by atoms with Crippen LogP contribution in [0.1, 0.15) is 25.3 Å². The molecule has 32 heavy (non-hydrogen) atoms. The normalized spacial score (nSPS) is 14.0. The largest absolute Gasteiger partial charge is 0.495 e. The number of amides is 2. The molecular weight excluding hydrogens is 538 g/mol. The minimum absolute atomic E-state index is 0.223. The number of hydrogen-bond acceptors (Lipinski definition) is 4. The molecule has 0 spiro atoms. The zero-order valence-corrected chi connectivity index (χ0v) is 21.4. The Hall–Kier alpha value is -2.32. The number of nitrogens with one attached hydrogen (secondary N) is 1. The fourth-order valence-corrected chi connectivity index (χ4v) is 5.03. The smallest absolute Gasteiger partial charge is 0.248 e. The van der Waals surface area contributed by atoms with Crippen LogP contribution in [0.5, 0.6) is 5.75 Å². The molecule has 1 fully saturated rings. The number of hydrogen-bond donors (Lipinski definition) is 1. The van der Waals surface area contributed by atoms with E-state index in [1.165, 1.54) is 6.08 Å². The molecular formula is C24H27Br2N3O3. The number of piperazine rings is 1. The van der Waals surface area contributed by atoms with E-state index in [0.717, 1.165) is 58.5 Å². The monoisotopic (exact) mass is 563 g/mol. The zero-order chi connectivity index (χ0) is 23.1. The van der Waals surface area contributed by atoms with Gasteiger partial charge in [0, 0.05) is 60.1 Å². The molecule has 0 saturated carbocycles. The van der Waals surface area contributed by atoms with Crippen molar-refractivity contribution >= 4 is 61.1 Å². The van der Waals surface area contributed by atoms with Crippen molar-refractivity contribution in [2.45, 2.75) is 19.8 Å². The van der Waals surface area contributed by atoms with Crippen molar-refractivity contribution in [1.82, 2.24) is 4.90 Å². The maximum Gasteiger partial charge on any atom is 0.248 e. The van der Waals surface area contributed by atoms with Crippen LogP contribution in [-0.2, 0) is 9.59 Å². The van der Waals surface area contributed by atoms with E-state index in [1.807, 2.05) is 48.2 Å². The fourth-order valence-electron chi connectivity index (χ4n) is 3.61. The molecule has 0 atom stereocenters. The summed E-state index contributed by atoms with van der Waals surface area (Å²) in [7, 11) is 1.59. The fraction of sp³-hybridized carbons (Fsp3) is 0.333. The molecule has 1 heterocycles. The molecule has 1 N–H and O–H groups in total. The van der Waals surface area contributed by atoms with Gasteiger partial charge in [0.05, 0.1) is 11.6 Å². The quantitative estimate of drug-likeness (QED) is 0.462. The number of benzene rings is 2. The second-order valence-corrected chi connectivity index (χ2v) is 9.27. The molecule has 2 amide bonds. The summed E-state index contributed by atoms with van der Waals surface area (Å²) in [6.07, 6.45) is 4.71. The van der Waals surface area contributed by atoms with Crippen LogP contribution in [0.3, 0.4) is 0 Å². The van der Waals surface area contributed by atoms with E-state index in [1.54, 1.807) is 13.2 Å². The first-order valence-corrected chi connectivity index (χ1v) is 12.1. The van der Waals surface area contributed by atoms with Crippen molar-refractivity contribution in [3.63, 3.8) is 0 Å². The molecule has 8 heteroatoms. The molecule has 0 aromatic heterocycles. The second kappa shape index (κ2) is 11.5. The lowest BCUT2D eigenvalue weighted by Gasteiger charge is -2.36. The molecule has 2 aromatic carbocycles. The summed E-state index contributed by atoms with van der Waals surface area (Å²) in [6.45, 7) is 5.15. The van der Waals surface area contributed by atoms with Gasteiger partial charge < -0.3 is 19.9 Å². The first-order valence-electron chi connectivity index (χ1n) is 10.6. The van der Waals surface area contributed by atoms with E-state index < -0.39 is 0 Å². The van der Waals surface area contributed by atoms with Crippen LogP contribution in [0.2, 0.25) is 0 Å². The number of ether oxygens (including phenoxy) is 1. The van der Waals surface area contributed by atoms with E-state index in [2.05, 4.69) is 42.1 Å². The topological polar surface area (TPSA) is 61.9 Å². The third kappa shape index (κ3) is 6.36. The molecule has 1 saturated heterocycles. The average Bonchev–Trinajstić information content (AvgIpc) is 2.78. The highest BCUT2D eigenvalue weighted by molar-refractivity contribution is 9.11. The summed E-state index contributed by atoms with van der Waals surface area (Å²) in [5, 5.41) is 2.88. The zero-order valence-electron chi connectivity index (χ0n) is 18.2. The number of carbonyl (C=O) groups excluding carboxylic acids is 2. The van der Waals surface area contributed by atoms with Gasteiger partial charge in [0.1, 0.15) is 5.75 Å². The van der Waals surface area contributed by atoms with E-state index in [-0.39, 0.29) is 11.8 Å². The van der Waals surface area contributed by atoms with Crippen molar-refractivity contribution in [2.24, 2.45) is 0 Å². The molecule has 1 aliphatic heterocycles. The van der Waals surface area contributed by atoms with Crippen LogP contribution in [0.25, 0.3) is 6.08 Å². The Bertz CT molecular complexity index is 985. The van der Waals surface area contributed by atoms with E-state index >= 15 is 0 Å². The summed E-state index contributed by atoms with van der Waals surface area (Å²) < 4.78 is 7.10. The van der Waals surface area contributed by atoms with Crippen LogP contribution >= 0.6 is 31.9 Å². The standard InChI is InChI=1S/C24H27Br2N3O3/c1-3-4-23(31)29-13-11-28(12-14-29)20-8-6-19(7-9-20)27-22(30)10-5-17-15-18(25)16-21(26)24(17)32-2/h5-10,15-16H,3-4,11-14H2,1-2H3,(H,27,30)/b10-5+. The number of anilines is 2. The number of carbonyl (C=O) groups is 2. The van der Waals surface area contributed by atoms with Crippen molar-refractivity contribution in [3.05, 3.63) is 57.0 Å². The first kappa shape index (κ1) is 24.3. The van der Waals surface area contributed by atoms with Crippen molar-refractivity contribution in [3.8, 4) is 5.75 Å². The van der Waals surface area contributed by atoms with Crippen molar-refractivity contribution in [1.29, 1.82) is 0 Å². The maximum absolute atomic E-state index is 12.4. The second-order valence-electron chi connectivity index (χ2n) is 7.50. The van der Waals surface area contributed by atoms with Gasteiger partial charge in [-0.1, -0.05) is 22.9 Å². The maximum atomic E-state index is 12.4. The van der Waals surface area contributed by atoms with Crippen molar-refractivity contribution in [2.75, 3.05) is 43.5 Å². The van der Waals surface area contributed by atoms with Gasteiger partial charge in [-0.15, -0.1) is 0 Å². The predicted molar refractivity (Wildman–Crippen MR) is 136 cm³/mol. The summed E-state index contributed by atoms with van der Waals surface area (Å²) in [5.41, 5.74) is 2.60. The number of halogens is 2. The Morgan fingerprint density at radius 1 is 1.09 bits per heavy atom. The Morgan fingerprint density at radius 3 is 2.41 bits per heavy atom. The molecule has 2 aromatic rings. The van der Waals surface area contributed by atoms with Gasteiger partial charge in [-0.3, -0.25) is 9.59 Å². The molecule has 0 radical (unpaired) electrons. The number of rotatable bonds is 7. The van der Waals surface area contributed by atoms with Crippen molar-refractivity contribution < 1.29 is 14.3 Å². The molecule has 170 valence electrons. The summed E-state index contributed by atoms with van der Waals surface area (Å²) in [4.78, 5) is 28.6. The van der Waals surface area contributed by atoms with Gasteiger partial charge in [0.2, 0.25) is 11.8 Å². The van der Waals surface area contributed by atoms with Crippen LogP contribution in [0.15, 0.2) is 51.4 Å². The van der Waals surface area contributed by atoms with Gasteiger partial charge >= 0.3 is 0 Å².